The molecule has 0 spiro atoms. The van der Waals surface area contributed by atoms with Crippen LogP contribution in [0.25, 0.3) is 0 Å². The van der Waals surface area contributed by atoms with Gasteiger partial charge in [-0.2, -0.15) is 0 Å². The fourth-order valence-electron chi connectivity index (χ4n) is 2.62. The van der Waals surface area contributed by atoms with Crippen molar-refractivity contribution in [2.75, 3.05) is 0 Å². The highest BCUT2D eigenvalue weighted by Gasteiger charge is 2.46. The zero-order valence-electron chi connectivity index (χ0n) is 10.2. The van der Waals surface area contributed by atoms with Crippen molar-refractivity contribution >= 4 is 5.78 Å². The molecule has 1 atom stereocenters. The summed E-state index contributed by atoms with van der Waals surface area (Å²) in [6, 6.07) is 10.3. The van der Waals surface area contributed by atoms with Gasteiger partial charge in [0.1, 0.15) is 5.78 Å². The number of hydrogen-bond donors (Lipinski definition) is 0. The maximum atomic E-state index is 12.5. The smallest absolute Gasteiger partial charge is 0.146 e. The average molecular weight is 216 g/mol. The van der Waals surface area contributed by atoms with Crippen LogP contribution in [0.4, 0.5) is 0 Å². The number of ketones is 1. The van der Waals surface area contributed by atoms with E-state index in [9.17, 15) is 4.79 Å². The van der Waals surface area contributed by atoms with Crippen molar-refractivity contribution in [1.82, 2.24) is 0 Å². The lowest BCUT2D eigenvalue weighted by atomic mass is 9.59. The third-order valence-corrected chi connectivity index (χ3v) is 4.07. The Bertz CT molecular complexity index is 362. The van der Waals surface area contributed by atoms with Crippen LogP contribution in [0.3, 0.4) is 0 Å². The Hall–Kier alpha value is -1.11. The molecule has 1 aromatic rings. The van der Waals surface area contributed by atoms with Gasteiger partial charge >= 0.3 is 0 Å². The topological polar surface area (TPSA) is 17.1 Å². The Labute approximate surface area is 97.9 Å². The SMILES string of the molecule is CCC(C)C(=O)C1(c2ccccc2)CCC1. The predicted molar refractivity (Wildman–Crippen MR) is 66.4 cm³/mol. The third-order valence-electron chi connectivity index (χ3n) is 4.07. The van der Waals surface area contributed by atoms with Gasteiger partial charge in [-0.1, -0.05) is 50.6 Å². The predicted octanol–water partition coefficient (Wildman–Crippen LogP) is 3.72. The van der Waals surface area contributed by atoms with Gasteiger partial charge in [-0.15, -0.1) is 0 Å². The molecule has 1 nitrogen and oxygen atoms in total. The minimum absolute atomic E-state index is 0.142. The highest BCUT2D eigenvalue weighted by Crippen LogP contribution is 2.46. The summed E-state index contributed by atoms with van der Waals surface area (Å²) in [5.74, 6) is 0.646. The van der Waals surface area contributed by atoms with Gasteiger partial charge in [-0.25, -0.2) is 0 Å². The summed E-state index contributed by atoms with van der Waals surface area (Å²) in [4.78, 5) is 12.5. The fraction of sp³-hybridized carbons (Fsp3) is 0.533. The van der Waals surface area contributed by atoms with Crippen molar-refractivity contribution in [3.8, 4) is 0 Å². The van der Waals surface area contributed by atoms with Gasteiger partial charge in [0.25, 0.3) is 0 Å². The molecule has 1 aliphatic rings. The Morgan fingerprint density at radius 1 is 1.31 bits per heavy atom. The van der Waals surface area contributed by atoms with Gasteiger partial charge in [0.15, 0.2) is 0 Å². The van der Waals surface area contributed by atoms with Crippen molar-refractivity contribution in [3.63, 3.8) is 0 Å². The van der Waals surface area contributed by atoms with Crippen LogP contribution in [0.5, 0.6) is 0 Å². The molecule has 0 saturated heterocycles. The number of benzene rings is 1. The van der Waals surface area contributed by atoms with Crippen LogP contribution in [0.1, 0.15) is 45.1 Å². The molecule has 0 aliphatic heterocycles. The second kappa shape index (κ2) is 4.40. The molecule has 0 radical (unpaired) electrons. The molecule has 86 valence electrons. The fourth-order valence-corrected chi connectivity index (χ4v) is 2.62. The maximum absolute atomic E-state index is 12.5. The second-order valence-corrected chi connectivity index (χ2v) is 4.98. The molecule has 0 bridgehead atoms. The van der Waals surface area contributed by atoms with Gasteiger partial charge in [-0.3, -0.25) is 4.79 Å². The zero-order chi connectivity index (χ0) is 11.6. The van der Waals surface area contributed by atoms with Crippen LogP contribution >= 0.6 is 0 Å². The van der Waals surface area contributed by atoms with Crippen molar-refractivity contribution in [1.29, 1.82) is 0 Å². The zero-order valence-corrected chi connectivity index (χ0v) is 10.2. The highest BCUT2D eigenvalue weighted by molar-refractivity contribution is 5.92. The lowest BCUT2D eigenvalue weighted by Crippen LogP contribution is -2.45. The first-order chi connectivity index (χ1) is 7.70. The first-order valence-electron chi connectivity index (χ1n) is 6.30. The number of carbonyl (C=O) groups is 1. The molecule has 1 fully saturated rings. The molecule has 1 saturated carbocycles. The molecule has 1 heteroatoms. The van der Waals surface area contributed by atoms with Gasteiger partial charge in [0, 0.05) is 5.92 Å². The van der Waals surface area contributed by atoms with E-state index in [0.717, 1.165) is 19.3 Å². The van der Waals surface area contributed by atoms with Crippen LogP contribution in [-0.4, -0.2) is 5.78 Å². The van der Waals surface area contributed by atoms with E-state index in [1.54, 1.807) is 0 Å². The van der Waals surface area contributed by atoms with E-state index in [-0.39, 0.29) is 11.3 Å². The summed E-state index contributed by atoms with van der Waals surface area (Å²) in [5, 5.41) is 0. The molecule has 0 N–H and O–H groups in total. The Kier molecular flexibility index (Phi) is 3.13. The van der Waals surface area contributed by atoms with Crippen molar-refractivity contribution in [2.45, 2.75) is 44.9 Å². The average Bonchev–Trinajstić information content (AvgIpc) is 2.28. The Balaban J connectivity index is 2.30. The van der Waals surface area contributed by atoms with Gasteiger partial charge in [0.2, 0.25) is 0 Å². The standard InChI is InChI=1S/C15H20O/c1-3-12(2)14(16)15(10-7-11-15)13-8-5-4-6-9-13/h4-6,8-9,12H,3,7,10-11H2,1-2H3. The lowest BCUT2D eigenvalue weighted by molar-refractivity contribution is -0.131. The summed E-state index contributed by atoms with van der Waals surface area (Å²) in [7, 11) is 0. The van der Waals surface area contributed by atoms with E-state index < -0.39 is 0 Å². The maximum Gasteiger partial charge on any atom is 0.146 e. The Morgan fingerprint density at radius 3 is 2.38 bits per heavy atom. The molecule has 0 amide bonds. The molecule has 16 heavy (non-hydrogen) atoms. The minimum Gasteiger partial charge on any atom is -0.298 e. The normalized spacial score (nSPS) is 19.9. The summed E-state index contributed by atoms with van der Waals surface area (Å²) < 4.78 is 0. The third kappa shape index (κ3) is 1.68. The molecule has 0 heterocycles. The number of rotatable bonds is 4. The van der Waals surface area contributed by atoms with Crippen molar-refractivity contribution < 1.29 is 4.79 Å². The van der Waals surface area contributed by atoms with E-state index in [1.807, 2.05) is 18.2 Å². The molecule has 2 rings (SSSR count). The minimum atomic E-state index is -0.142. The van der Waals surface area contributed by atoms with Crippen molar-refractivity contribution in [3.05, 3.63) is 35.9 Å². The molecular weight excluding hydrogens is 196 g/mol. The molecule has 1 aromatic carbocycles. The number of carbonyl (C=O) groups excluding carboxylic acids is 1. The number of Topliss-reactive ketones (excluding diaryl/α,β-unsaturated/α-hetero) is 1. The van der Waals surface area contributed by atoms with Crippen LogP contribution in [-0.2, 0) is 10.2 Å². The van der Waals surface area contributed by atoms with Crippen LogP contribution in [0.2, 0.25) is 0 Å². The summed E-state index contributed by atoms with van der Waals surface area (Å²) >= 11 is 0. The molecule has 1 aliphatic carbocycles. The van der Waals surface area contributed by atoms with E-state index in [0.29, 0.717) is 5.78 Å². The van der Waals surface area contributed by atoms with Crippen molar-refractivity contribution in [2.24, 2.45) is 5.92 Å². The van der Waals surface area contributed by atoms with Crippen LogP contribution < -0.4 is 0 Å². The Morgan fingerprint density at radius 2 is 1.94 bits per heavy atom. The summed E-state index contributed by atoms with van der Waals surface area (Å²) in [5.41, 5.74) is 1.09. The van der Waals surface area contributed by atoms with Gasteiger partial charge in [-0.05, 0) is 24.8 Å². The molecule has 0 aromatic heterocycles. The largest absolute Gasteiger partial charge is 0.298 e. The first-order valence-corrected chi connectivity index (χ1v) is 6.30. The lowest BCUT2D eigenvalue weighted by Gasteiger charge is -2.42. The van der Waals surface area contributed by atoms with Crippen LogP contribution in [0.15, 0.2) is 30.3 Å². The quantitative estimate of drug-likeness (QED) is 0.749. The summed E-state index contributed by atoms with van der Waals surface area (Å²) in [6.45, 7) is 4.16. The van der Waals surface area contributed by atoms with Gasteiger partial charge < -0.3 is 0 Å². The number of hydrogen-bond acceptors (Lipinski definition) is 1. The van der Waals surface area contributed by atoms with E-state index in [4.69, 9.17) is 0 Å². The highest BCUT2D eigenvalue weighted by atomic mass is 16.1. The first kappa shape index (κ1) is 11.4. The monoisotopic (exact) mass is 216 g/mol. The van der Waals surface area contributed by atoms with E-state index in [1.165, 1.54) is 12.0 Å². The molecular formula is C15H20O. The van der Waals surface area contributed by atoms with E-state index >= 15 is 0 Å². The van der Waals surface area contributed by atoms with Gasteiger partial charge in [0.05, 0.1) is 5.41 Å². The van der Waals surface area contributed by atoms with E-state index in [2.05, 4.69) is 26.0 Å². The summed E-state index contributed by atoms with van der Waals surface area (Å²) in [6.07, 6.45) is 4.23. The second-order valence-electron chi connectivity index (χ2n) is 4.98. The van der Waals surface area contributed by atoms with Crippen LogP contribution in [0, 0.1) is 5.92 Å². The molecule has 1 unspecified atom stereocenters.